The van der Waals surface area contributed by atoms with Crippen LogP contribution < -0.4 is 14.4 Å². The monoisotopic (exact) mass is 379 g/mol. The molecule has 0 atom stereocenters. The first-order chi connectivity index (χ1) is 13.5. The van der Waals surface area contributed by atoms with Crippen molar-refractivity contribution in [1.29, 1.82) is 0 Å². The van der Waals surface area contributed by atoms with Gasteiger partial charge in [0.25, 0.3) is 5.91 Å². The molecule has 6 heteroatoms. The normalized spacial score (nSPS) is 15.2. The van der Waals surface area contributed by atoms with Crippen LogP contribution in [0.4, 0.5) is 5.69 Å². The number of rotatable bonds is 5. The molecule has 0 N–H and O–H groups in total. The van der Waals surface area contributed by atoms with E-state index in [1.807, 2.05) is 30.3 Å². The van der Waals surface area contributed by atoms with Gasteiger partial charge in [0.15, 0.2) is 11.5 Å². The van der Waals surface area contributed by atoms with Gasteiger partial charge in [0.2, 0.25) is 0 Å². The number of para-hydroxylation sites is 2. The van der Waals surface area contributed by atoms with Crippen molar-refractivity contribution in [2.75, 3.05) is 26.2 Å². The first kappa shape index (κ1) is 19.2. The summed E-state index contributed by atoms with van der Waals surface area (Å²) in [6.07, 6.45) is 1.63. The lowest BCUT2D eigenvalue weighted by atomic mass is 10.0. The van der Waals surface area contributed by atoms with Gasteiger partial charge < -0.3 is 14.2 Å². The van der Waals surface area contributed by atoms with Gasteiger partial charge >= 0.3 is 5.97 Å². The Balaban J connectivity index is 2.19. The zero-order valence-electron chi connectivity index (χ0n) is 16.2. The topological polar surface area (TPSA) is 65.1 Å². The van der Waals surface area contributed by atoms with Crippen LogP contribution >= 0.6 is 0 Å². The second kappa shape index (κ2) is 8.00. The maximum absolute atomic E-state index is 13.2. The van der Waals surface area contributed by atoms with Crippen molar-refractivity contribution in [3.8, 4) is 11.5 Å². The quantitative estimate of drug-likeness (QED) is 0.587. The number of methoxy groups -OCH3 is 3. The standard InChI is InChI=1S/C22H21NO5/c1-14-19(22(25)28-4)17(21(24)23(14)16-10-6-5-7-11-16)13-15-9-8-12-18(26-2)20(15)27-3/h5-13H,1-4H3/b17-13-. The summed E-state index contributed by atoms with van der Waals surface area (Å²) in [7, 11) is 4.35. The number of amides is 1. The molecule has 1 aliphatic heterocycles. The largest absolute Gasteiger partial charge is 0.493 e. The molecule has 0 saturated heterocycles. The third-order valence-corrected chi connectivity index (χ3v) is 4.54. The van der Waals surface area contributed by atoms with Crippen LogP contribution in [-0.2, 0) is 14.3 Å². The molecule has 0 radical (unpaired) electrons. The third kappa shape index (κ3) is 3.24. The number of anilines is 1. The maximum atomic E-state index is 13.2. The van der Waals surface area contributed by atoms with Crippen molar-refractivity contribution in [3.05, 3.63) is 70.9 Å². The molecule has 28 heavy (non-hydrogen) atoms. The molecule has 0 aromatic heterocycles. The zero-order chi connectivity index (χ0) is 20.3. The minimum atomic E-state index is -0.572. The predicted octanol–water partition coefficient (Wildman–Crippen LogP) is 3.58. The lowest BCUT2D eigenvalue weighted by Gasteiger charge is -2.17. The van der Waals surface area contributed by atoms with E-state index in [1.165, 1.54) is 26.2 Å². The van der Waals surface area contributed by atoms with Gasteiger partial charge in [0.05, 0.1) is 32.5 Å². The van der Waals surface area contributed by atoms with Gasteiger partial charge in [-0.15, -0.1) is 0 Å². The first-order valence-electron chi connectivity index (χ1n) is 8.65. The van der Waals surface area contributed by atoms with Gasteiger partial charge in [-0.3, -0.25) is 9.69 Å². The molecule has 3 rings (SSSR count). The summed E-state index contributed by atoms with van der Waals surface area (Å²) in [6, 6.07) is 14.5. The van der Waals surface area contributed by atoms with Crippen LogP contribution in [-0.4, -0.2) is 33.2 Å². The highest BCUT2D eigenvalue weighted by molar-refractivity contribution is 6.23. The highest BCUT2D eigenvalue weighted by Crippen LogP contribution is 2.38. The summed E-state index contributed by atoms with van der Waals surface area (Å²) in [6.45, 7) is 1.72. The van der Waals surface area contributed by atoms with Crippen molar-refractivity contribution in [2.24, 2.45) is 0 Å². The molecular weight excluding hydrogens is 358 g/mol. The van der Waals surface area contributed by atoms with E-state index in [-0.39, 0.29) is 17.1 Å². The van der Waals surface area contributed by atoms with E-state index in [4.69, 9.17) is 14.2 Å². The van der Waals surface area contributed by atoms with E-state index in [2.05, 4.69) is 0 Å². The number of ether oxygens (including phenoxy) is 3. The fourth-order valence-corrected chi connectivity index (χ4v) is 3.25. The van der Waals surface area contributed by atoms with Crippen LogP contribution in [0, 0.1) is 0 Å². The molecule has 144 valence electrons. The Morgan fingerprint density at radius 2 is 1.68 bits per heavy atom. The summed E-state index contributed by atoms with van der Waals surface area (Å²) in [5, 5.41) is 0. The van der Waals surface area contributed by atoms with Crippen LogP contribution in [0.15, 0.2) is 65.4 Å². The fourth-order valence-electron chi connectivity index (χ4n) is 3.25. The van der Waals surface area contributed by atoms with Crippen LogP contribution in [0.5, 0.6) is 11.5 Å². The molecule has 0 bridgehead atoms. The Bertz CT molecular complexity index is 976. The van der Waals surface area contributed by atoms with E-state index in [1.54, 1.807) is 31.2 Å². The predicted molar refractivity (Wildman–Crippen MR) is 106 cm³/mol. The van der Waals surface area contributed by atoms with Crippen LogP contribution in [0.2, 0.25) is 0 Å². The number of esters is 1. The van der Waals surface area contributed by atoms with Crippen LogP contribution in [0.3, 0.4) is 0 Å². The van der Waals surface area contributed by atoms with Crippen molar-refractivity contribution in [3.63, 3.8) is 0 Å². The number of benzene rings is 2. The summed E-state index contributed by atoms with van der Waals surface area (Å²) in [4.78, 5) is 27.2. The molecule has 1 amide bonds. The summed E-state index contributed by atoms with van der Waals surface area (Å²) < 4.78 is 15.7. The molecule has 6 nitrogen and oxygen atoms in total. The van der Waals surface area contributed by atoms with Gasteiger partial charge in [-0.25, -0.2) is 4.79 Å². The Morgan fingerprint density at radius 1 is 0.964 bits per heavy atom. The molecule has 0 fully saturated rings. The van der Waals surface area contributed by atoms with Crippen molar-refractivity contribution >= 4 is 23.6 Å². The van der Waals surface area contributed by atoms with Gasteiger partial charge in [-0.1, -0.05) is 30.3 Å². The van der Waals surface area contributed by atoms with E-state index in [9.17, 15) is 9.59 Å². The molecular formula is C22H21NO5. The summed E-state index contributed by atoms with van der Waals surface area (Å²) in [5.74, 6) is 0.124. The van der Waals surface area contributed by atoms with Crippen molar-refractivity contribution in [2.45, 2.75) is 6.92 Å². The number of carbonyl (C=O) groups excluding carboxylic acids is 2. The van der Waals surface area contributed by atoms with Crippen LogP contribution in [0.25, 0.3) is 6.08 Å². The number of nitrogens with zero attached hydrogens (tertiary/aromatic N) is 1. The number of hydrogen-bond acceptors (Lipinski definition) is 5. The number of hydrogen-bond donors (Lipinski definition) is 0. The Morgan fingerprint density at radius 3 is 2.29 bits per heavy atom. The van der Waals surface area contributed by atoms with Gasteiger partial charge in [-0.05, 0) is 31.2 Å². The minimum absolute atomic E-state index is 0.223. The molecule has 2 aromatic rings. The lowest BCUT2D eigenvalue weighted by molar-refractivity contribution is -0.136. The fraction of sp³-hybridized carbons (Fsp3) is 0.182. The average molecular weight is 379 g/mol. The number of allylic oxidation sites excluding steroid dienone is 1. The molecule has 0 spiro atoms. The SMILES string of the molecule is COC(=O)C1=C(C)N(c2ccccc2)C(=O)/C1=C\c1cccc(OC)c1OC. The highest BCUT2D eigenvalue weighted by Gasteiger charge is 2.38. The van der Waals surface area contributed by atoms with E-state index in [0.717, 1.165) is 0 Å². The van der Waals surface area contributed by atoms with Crippen LogP contribution in [0.1, 0.15) is 12.5 Å². The molecule has 0 saturated carbocycles. The van der Waals surface area contributed by atoms with Crippen molar-refractivity contribution < 1.29 is 23.8 Å². The molecule has 1 heterocycles. The Kier molecular flexibility index (Phi) is 5.49. The van der Waals surface area contributed by atoms with E-state index >= 15 is 0 Å². The van der Waals surface area contributed by atoms with Gasteiger partial charge in [-0.2, -0.15) is 0 Å². The Hall–Kier alpha value is -3.54. The molecule has 0 aliphatic carbocycles. The second-order valence-corrected chi connectivity index (χ2v) is 6.07. The highest BCUT2D eigenvalue weighted by atomic mass is 16.5. The zero-order valence-corrected chi connectivity index (χ0v) is 16.2. The van der Waals surface area contributed by atoms with Gasteiger partial charge in [0, 0.05) is 16.9 Å². The Labute approximate surface area is 163 Å². The van der Waals surface area contributed by atoms with E-state index < -0.39 is 5.97 Å². The summed E-state index contributed by atoms with van der Waals surface area (Å²) in [5.41, 5.74) is 2.26. The minimum Gasteiger partial charge on any atom is -0.493 e. The number of carbonyl (C=O) groups is 2. The third-order valence-electron chi connectivity index (χ3n) is 4.54. The first-order valence-corrected chi connectivity index (χ1v) is 8.65. The van der Waals surface area contributed by atoms with Gasteiger partial charge in [0.1, 0.15) is 0 Å². The average Bonchev–Trinajstić information content (AvgIpc) is 2.97. The second-order valence-electron chi connectivity index (χ2n) is 6.07. The van der Waals surface area contributed by atoms with E-state index in [0.29, 0.717) is 28.4 Å². The molecule has 2 aromatic carbocycles. The maximum Gasteiger partial charge on any atom is 0.340 e. The van der Waals surface area contributed by atoms with Crippen molar-refractivity contribution in [1.82, 2.24) is 0 Å². The molecule has 0 unspecified atom stereocenters. The lowest BCUT2D eigenvalue weighted by Crippen LogP contribution is -2.24. The molecule has 1 aliphatic rings. The smallest absolute Gasteiger partial charge is 0.340 e. The summed E-state index contributed by atoms with van der Waals surface area (Å²) >= 11 is 0.